The van der Waals surface area contributed by atoms with E-state index in [1.165, 1.54) is 36.8 Å². The zero-order chi connectivity index (χ0) is 13.2. The van der Waals surface area contributed by atoms with Crippen LogP contribution in [-0.2, 0) is 6.42 Å². The Balaban J connectivity index is 2.26. The van der Waals surface area contributed by atoms with E-state index >= 15 is 0 Å². The maximum Gasteiger partial charge on any atom is 0.137 e. The number of hydrogen-bond donors (Lipinski definition) is 1. The van der Waals surface area contributed by atoms with Crippen molar-refractivity contribution in [2.75, 3.05) is 13.7 Å². The van der Waals surface area contributed by atoms with Crippen molar-refractivity contribution in [1.29, 1.82) is 0 Å². The van der Waals surface area contributed by atoms with E-state index in [0.717, 1.165) is 18.7 Å². The van der Waals surface area contributed by atoms with Gasteiger partial charge in [-0.05, 0) is 61.4 Å². The fraction of sp³-hybridized carbons (Fsp3) is 0.600. The summed E-state index contributed by atoms with van der Waals surface area (Å²) < 4.78 is 5.25. The summed E-state index contributed by atoms with van der Waals surface area (Å²) in [5, 5.41) is 0.697. The topological polar surface area (TPSA) is 35.2 Å². The number of nitrogens with two attached hydrogens (primary N) is 1. The van der Waals surface area contributed by atoms with Crippen molar-refractivity contribution in [1.82, 2.24) is 0 Å². The standard InChI is InChI=1S/C15H22ClNO/c1-11-7-14(18-2)13(16)8-12(11)9-15(10-17)5-3-4-6-15/h7-8H,3-6,9-10,17H2,1-2H3. The van der Waals surface area contributed by atoms with Crippen molar-refractivity contribution in [3.8, 4) is 5.75 Å². The number of halogens is 1. The zero-order valence-electron chi connectivity index (χ0n) is 11.3. The van der Waals surface area contributed by atoms with Crippen LogP contribution in [0, 0.1) is 12.3 Å². The van der Waals surface area contributed by atoms with Gasteiger partial charge in [0.05, 0.1) is 12.1 Å². The Morgan fingerprint density at radius 1 is 1.33 bits per heavy atom. The normalized spacial score (nSPS) is 18.0. The Morgan fingerprint density at radius 2 is 2.00 bits per heavy atom. The SMILES string of the molecule is COc1cc(C)c(CC2(CN)CCCC2)cc1Cl. The fourth-order valence-corrected chi connectivity index (χ4v) is 3.29. The molecule has 2 N–H and O–H groups in total. The van der Waals surface area contributed by atoms with E-state index in [4.69, 9.17) is 22.1 Å². The lowest BCUT2D eigenvalue weighted by atomic mass is 9.79. The minimum absolute atomic E-state index is 0.294. The van der Waals surface area contributed by atoms with Crippen molar-refractivity contribution in [3.63, 3.8) is 0 Å². The highest BCUT2D eigenvalue weighted by Crippen LogP contribution is 2.41. The Kier molecular flexibility index (Phi) is 4.18. The van der Waals surface area contributed by atoms with Crippen LogP contribution < -0.4 is 10.5 Å². The van der Waals surface area contributed by atoms with Crippen molar-refractivity contribution in [2.45, 2.75) is 39.0 Å². The van der Waals surface area contributed by atoms with E-state index in [1.54, 1.807) is 7.11 Å². The summed E-state index contributed by atoms with van der Waals surface area (Å²) in [7, 11) is 1.65. The Hall–Kier alpha value is -0.730. The van der Waals surface area contributed by atoms with Crippen LogP contribution in [0.5, 0.6) is 5.75 Å². The molecule has 0 atom stereocenters. The fourth-order valence-electron chi connectivity index (χ4n) is 3.03. The van der Waals surface area contributed by atoms with Crippen LogP contribution in [0.4, 0.5) is 0 Å². The van der Waals surface area contributed by atoms with E-state index in [1.807, 2.05) is 12.1 Å². The second-order valence-corrected chi connectivity index (χ2v) is 5.91. The predicted octanol–water partition coefficient (Wildman–Crippen LogP) is 3.72. The molecule has 1 saturated carbocycles. The second kappa shape index (κ2) is 5.50. The van der Waals surface area contributed by atoms with Gasteiger partial charge in [0.1, 0.15) is 5.75 Å². The maximum atomic E-state index is 6.22. The van der Waals surface area contributed by atoms with Gasteiger partial charge in [0.25, 0.3) is 0 Å². The molecule has 18 heavy (non-hydrogen) atoms. The number of rotatable bonds is 4. The lowest BCUT2D eigenvalue weighted by Crippen LogP contribution is -2.30. The maximum absolute atomic E-state index is 6.22. The Bertz CT molecular complexity index is 425. The average Bonchev–Trinajstić information content (AvgIpc) is 2.82. The molecule has 1 aromatic rings. The van der Waals surface area contributed by atoms with Gasteiger partial charge in [0, 0.05) is 0 Å². The van der Waals surface area contributed by atoms with Crippen molar-refractivity contribution < 1.29 is 4.74 Å². The van der Waals surface area contributed by atoms with Crippen LogP contribution in [0.25, 0.3) is 0 Å². The van der Waals surface area contributed by atoms with Gasteiger partial charge >= 0.3 is 0 Å². The van der Waals surface area contributed by atoms with Crippen LogP contribution in [0.1, 0.15) is 36.8 Å². The van der Waals surface area contributed by atoms with Gasteiger partial charge in [0.15, 0.2) is 0 Å². The van der Waals surface area contributed by atoms with Crippen molar-refractivity contribution in [2.24, 2.45) is 11.1 Å². The first kappa shape index (κ1) is 13.7. The van der Waals surface area contributed by atoms with Crippen LogP contribution >= 0.6 is 11.6 Å². The first-order valence-electron chi connectivity index (χ1n) is 6.63. The number of methoxy groups -OCH3 is 1. The molecular weight excluding hydrogens is 246 g/mol. The van der Waals surface area contributed by atoms with Crippen LogP contribution in [0.3, 0.4) is 0 Å². The summed E-state index contributed by atoms with van der Waals surface area (Å²) in [5.74, 6) is 0.756. The molecule has 0 unspecified atom stereocenters. The lowest BCUT2D eigenvalue weighted by molar-refractivity contribution is 0.306. The molecule has 2 rings (SSSR count). The molecule has 0 heterocycles. The molecule has 0 bridgehead atoms. The average molecular weight is 268 g/mol. The molecular formula is C15H22ClNO. The van der Waals surface area contributed by atoms with Crippen molar-refractivity contribution >= 4 is 11.6 Å². The molecule has 3 heteroatoms. The van der Waals surface area contributed by atoms with E-state index in [2.05, 4.69) is 6.92 Å². The minimum atomic E-state index is 0.294. The van der Waals surface area contributed by atoms with Gasteiger partial charge < -0.3 is 10.5 Å². The van der Waals surface area contributed by atoms with Gasteiger partial charge in [0.2, 0.25) is 0 Å². The molecule has 1 aliphatic rings. The zero-order valence-corrected chi connectivity index (χ0v) is 12.0. The highest BCUT2D eigenvalue weighted by Gasteiger charge is 2.33. The lowest BCUT2D eigenvalue weighted by Gasteiger charge is -2.28. The molecule has 100 valence electrons. The van der Waals surface area contributed by atoms with Gasteiger partial charge in [-0.3, -0.25) is 0 Å². The predicted molar refractivity (Wildman–Crippen MR) is 76.4 cm³/mol. The summed E-state index contributed by atoms with van der Waals surface area (Å²) in [5.41, 5.74) is 8.86. The summed E-state index contributed by atoms with van der Waals surface area (Å²) in [6.07, 6.45) is 6.14. The van der Waals surface area contributed by atoms with E-state index in [9.17, 15) is 0 Å². The number of hydrogen-bond acceptors (Lipinski definition) is 2. The first-order valence-corrected chi connectivity index (χ1v) is 7.01. The van der Waals surface area contributed by atoms with E-state index < -0.39 is 0 Å². The van der Waals surface area contributed by atoms with E-state index in [-0.39, 0.29) is 0 Å². The number of benzene rings is 1. The first-order chi connectivity index (χ1) is 8.60. The van der Waals surface area contributed by atoms with Crippen LogP contribution in [-0.4, -0.2) is 13.7 Å². The third kappa shape index (κ3) is 2.65. The third-order valence-electron chi connectivity index (χ3n) is 4.27. The molecule has 2 nitrogen and oxygen atoms in total. The van der Waals surface area contributed by atoms with Gasteiger partial charge in [-0.25, -0.2) is 0 Å². The Morgan fingerprint density at radius 3 is 2.56 bits per heavy atom. The van der Waals surface area contributed by atoms with E-state index in [0.29, 0.717) is 10.4 Å². The molecule has 1 aromatic carbocycles. The Labute approximate surface area is 114 Å². The van der Waals surface area contributed by atoms with Gasteiger partial charge in [-0.15, -0.1) is 0 Å². The summed E-state index contributed by atoms with van der Waals surface area (Å²) in [4.78, 5) is 0. The molecule has 0 amide bonds. The van der Waals surface area contributed by atoms with Crippen molar-refractivity contribution in [3.05, 3.63) is 28.3 Å². The van der Waals surface area contributed by atoms with Crippen LogP contribution in [0.2, 0.25) is 5.02 Å². The molecule has 1 fully saturated rings. The molecule has 0 aromatic heterocycles. The minimum Gasteiger partial charge on any atom is -0.495 e. The highest BCUT2D eigenvalue weighted by atomic mass is 35.5. The molecule has 1 aliphatic carbocycles. The van der Waals surface area contributed by atoms with Gasteiger partial charge in [-0.1, -0.05) is 24.4 Å². The van der Waals surface area contributed by atoms with Crippen LogP contribution in [0.15, 0.2) is 12.1 Å². The summed E-state index contributed by atoms with van der Waals surface area (Å²) in [6, 6.07) is 4.07. The summed E-state index contributed by atoms with van der Waals surface area (Å²) >= 11 is 6.22. The quantitative estimate of drug-likeness (QED) is 0.902. The smallest absolute Gasteiger partial charge is 0.137 e. The number of aryl methyl sites for hydroxylation is 1. The van der Waals surface area contributed by atoms with Gasteiger partial charge in [-0.2, -0.15) is 0 Å². The molecule has 0 aliphatic heterocycles. The number of ether oxygens (including phenoxy) is 1. The molecule has 0 radical (unpaired) electrons. The monoisotopic (exact) mass is 267 g/mol. The highest BCUT2D eigenvalue weighted by molar-refractivity contribution is 6.32. The largest absolute Gasteiger partial charge is 0.495 e. The molecule has 0 saturated heterocycles. The summed E-state index contributed by atoms with van der Waals surface area (Å²) in [6.45, 7) is 2.89. The molecule has 0 spiro atoms. The second-order valence-electron chi connectivity index (χ2n) is 5.50. The third-order valence-corrected chi connectivity index (χ3v) is 4.57.